The molecule has 2 saturated heterocycles. The van der Waals surface area contributed by atoms with Crippen LogP contribution in [0.4, 0.5) is 0 Å². The molecule has 0 aromatic heterocycles. The molecule has 0 unspecified atom stereocenters. The predicted octanol–water partition coefficient (Wildman–Crippen LogP) is 2.60. The van der Waals surface area contributed by atoms with E-state index in [0.29, 0.717) is 6.61 Å². The summed E-state index contributed by atoms with van der Waals surface area (Å²) in [5.74, 6) is -0.691. The second kappa shape index (κ2) is 8.53. The van der Waals surface area contributed by atoms with Gasteiger partial charge in [0.1, 0.15) is 18.3 Å². The zero-order chi connectivity index (χ0) is 21.4. The lowest BCUT2D eigenvalue weighted by Crippen LogP contribution is -2.52. The van der Waals surface area contributed by atoms with Crippen molar-refractivity contribution in [2.24, 2.45) is 0 Å². The molecule has 2 aliphatic rings. The minimum absolute atomic E-state index is 0.252. The van der Waals surface area contributed by atoms with Gasteiger partial charge in [-0.3, -0.25) is 0 Å². The molecule has 0 saturated carbocycles. The van der Waals surface area contributed by atoms with E-state index in [2.05, 4.69) is 48.5 Å². The number of fused-ring (bicyclic) bond motifs is 1. The van der Waals surface area contributed by atoms with Crippen LogP contribution in [0.15, 0.2) is 60.7 Å². The smallest absolute Gasteiger partial charge is 0.240 e. The molecule has 0 bridgehead atoms. The third kappa shape index (κ3) is 5.02. The molecule has 5 nitrogen and oxygen atoms in total. The third-order valence-corrected chi connectivity index (χ3v) is 7.83. The van der Waals surface area contributed by atoms with Gasteiger partial charge in [-0.25, -0.2) is 0 Å². The Kier molecular flexibility index (Phi) is 6.17. The molecule has 2 heterocycles. The van der Waals surface area contributed by atoms with Crippen molar-refractivity contribution in [1.82, 2.24) is 0 Å². The first-order valence-corrected chi connectivity index (χ1v) is 12.2. The van der Waals surface area contributed by atoms with Crippen LogP contribution >= 0.6 is 0 Å². The molecular formula is C24H32O5Si. The SMILES string of the molecule is CC(C)(C)OC[C@H]1O[C@@H]2OC(C)(C)O[C@@H]2[C@H]1O[SiH](c1ccccc1)c1ccccc1. The van der Waals surface area contributed by atoms with Gasteiger partial charge >= 0.3 is 0 Å². The van der Waals surface area contributed by atoms with Crippen LogP contribution in [0, 0.1) is 0 Å². The van der Waals surface area contributed by atoms with Gasteiger partial charge in [0, 0.05) is 0 Å². The second-order valence-corrected chi connectivity index (χ2v) is 11.7. The first-order valence-electron chi connectivity index (χ1n) is 10.6. The van der Waals surface area contributed by atoms with E-state index in [1.807, 2.05) is 46.8 Å². The van der Waals surface area contributed by atoms with Gasteiger partial charge in [-0.1, -0.05) is 60.7 Å². The van der Waals surface area contributed by atoms with Gasteiger partial charge < -0.3 is 23.4 Å². The Hall–Kier alpha value is -1.54. The van der Waals surface area contributed by atoms with Crippen LogP contribution in [-0.2, 0) is 23.4 Å². The lowest BCUT2D eigenvalue weighted by atomic mass is 10.1. The quantitative estimate of drug-likeness (QED) is 0.662. The molecule has 0 spiro atoms. The highest BCUT2D eigenvalue weighted by atomic mass is 28.3. The van der Waals surface area contributed by atoms with Gasteiger partial charge in [0.25, 0.3) is 0 Å². The lowest BCUT2D eigenvalue weighted by molar-refractivity contribution is -0.222. The number of benzene rings is 2. The molecule has 0 N–H and O–H groups in total. The fraction of sp³-hybridized carbons (Fsp3) is 0.500. The average molecular weight is 429 g/mol. The summed E-state index contributed by atoms with van der Waals surface area (Å²) in [5.41, 5.74) is -0.262. The lowest BCUT2D eigenvalue weighted by Gasteiger charge is -2.31. The summed E-state index contributed by atoms with van der Waals surface area (Å²) < 4.78 is 31.4. The van der Waals surface area contributed by atoms with E-state index in [0.717, 1.165) is 0 Å². The maximum absolute atomic E-state index is 6.90. The van der Waals surface area contributed by atoms with Crippen LogP contribution in [0.2, 0.25) is 0 Å². The summed E-state index contributed by atoms with van der Waals surface area (Å²) in [6, 6.07) is 20.9. The molecule has 4 rings (SSSR count). The molecule has 0 aliphatic carbocycles. The first-order chi connectivity index (χ1) is 14.2. The predicted molar refractivity (Wildman–Crippen MR) is 119 cm³/mol. The Morgan fingerprint density at radius 1 is 0.900 bits per heavy atom. The van der Waals surface area contributed by atoms with Crippen molar-refractivity contribution in [3.05, 3.63) is 60.7 Å². The van der Waals surface area contributed by atoms with E-state index in [9.17, 15) is 0 Å². The Morgan fingerprint density at radius 2 is 1.47 bits per heavy atom. The van der Waals surface area contributed by atoms with Crippen LogP contribution in [0.5, 0.6) is 0 Å². The van der Waals surface area contributed by atoms with Gasteiger partial charge in [0.15, 0.2) is 12.1 Å². The highest BCUT2D eigenvalue weighted by molar-refractivity contribution is 6.80. The molecule has 0 amide bonds. The van der Waals surface area contributed by atoms with E-state index < -0.39 is 21.1 Å². The first kappa shape index (κ1) is 21.7. The van der Waals surface area contributed by atoms with Gasteiger partial charge in [-0.15, -0.1) is 0 Å². The number of hydrogen-bond acceptors (Lipinski definition) is 5. The largest absolute Gasteiger partial charge is 0.402 e. The van der Waals surface area contributed by atoms with Crippen LogP contribution in [0.1, 0.15) is 34.6 Å². The Morgan fingerprint density at radius 3 is 2.00 bits per heavy atom. The van der Waals surface area contributed by atoms with Crippen molar-refractivity contribution in [3.8, 4) is 0 Å². The maximum atomic E-state index is 6.90. The molecule has 162 valence electrons. The van der Waals surface area contributed by atoms with Gasteiger partial charge in [0.2, 0.25) is 9.04 Å². The van der Waals surface area contributed by atoms with E-state index >= 15 is 0 Å². The summed E-state index contributed by atoms with van der Waals surface area (Å²) >= 11 is 0. The summed E-state index contributed by atoms with van der Waals surface area (Å²) in [7, 11) is -1.97. The number of rotatable bonds is 6. The maximum Gasteiger partial charge on any atom is 0.240 e. The second-order valence-electron chi connectivity index (χ2n) is 9.37. The molecule has 2 aromatic carbocycles. The summed E-state index contributed by atoms with van der Waals surface area (Å²) in [5, 5.41) is 2.45. The summed E-state index contributed by atoms with van der Waals surface area (Å²) in [4.78, 5) is 0. The highest BCUT2D eigenvalue weighted by Gasteiger charge is 2.56. The van der Waals surface area contributed by atoms with Crippen LogP contribution in [0.3, 0.4) is 0 Å². The topological polar surface area (TPSA) is 46.2 Å². The molecule has 2 fully saturated rings. The van der Waals surface area contributed by atoms with Crippen molar-refractivity contribution in [1.29, 1.82) is 0 Å². The van der Waals surface area contributed by atoms with Gasteiger partial charge in [-0.2, -0.15) is 0 Å². The Bertz CT molecular complexity index is 781. The van der Waals surface area contributed by atoms with Crippen molar-refractivity contribution >= 4 is 19.4 Å². The van der Waals surface area contributed by atoms with Gasteiger partial charge in [0.05, 0.1) is 12.2 Å². The van der Waals surface area contributed by atoms with Crippen molar-refractivity contribution in [3.63, 3.8) is 0 Å². The fourth-order valence-corrected chi connectivity index (χ4v) is 6.43. The Labute approximate surface area is 181 Å². The fourth-order valence-electron chi connectivity index (χ4n) is 3.94. The minimum Gasteiger partial charge on any atom is -0.402 e. The van der Waals surface area contributed by atoms with Crippen molar-refractivity contribution in [2.45, 2.75) is 70.6 Å². The van der Waals surface area contributed by atoms with E-state index in [4.69, 9.17) is 23.4 Å². The third-order valence-electron chi connectivity index (χ3n) is 5.27. The molecule has 4 atom stereocenters. The van der Waals surface area contributed by atoms with E-state index in [1.165, 1.54) is 10.4 Å². The molecule has 2 aliphatic heterocycles. The normalized spacial score (nSPS) is 28.1. The highest BCUT2D eigenvalue weighted by Crippen LogP contribution is 2.39. The minimum atomic E-state index is -1.97. The standard InChI is InChI=1S/C24H32O5Si/c1-23(2,3)25-16-19-20(21-22(26-19)28-24(4,5)27-21)29-30(17-12-8-6-9-13-17)18-14-10-7-11-15-18/h6-15,19-22,30H,16H2,1-5H3/t19-,20+,21-,22-/m1/s1. The zero-order valence-electron chi connectivity index (χ0n) is 18.4. The molecular weight excluding hydrogens is 396 g/mol. The molecule has 30 heavy (non-hydrogen) atoms. The van der Waals surface area contributed by atoms with Crippen LogP contribution in [-0.4, -0.2) is 51.6 Å². The van der Waals surface area contributed by atoms with E-state index in [-0.39, 0.29) is 23.9 Å². The number of hydrogen-bond donors (Lipinski definition) is 0. The Balaban J connectivity index is 1.62. The van der Waals surface area contributed by atoms with Gasteiger partial charge in [-0.05, 0) is 45.0 Å². The van der Waals surface area contributed by atoms with Crippen molar-refractivity contribution in [2.75, 3.05) is 6.61 Å². The van der Waals surface area contributed by atoms with Crippen molar-refractivity contribution < 1.29 is 23.4 Å². The molecule has 6 heteroatoms. The molecule has 0 radical (unpaired) electrons. The number of ether oxygens (including phenoxy) is 4. The molecule has 2 aromatic rings. The summed E-state index contributed by atoms with van der Waals surface area (Å²) in [6.07, 6.45) is -1.25. The van der Waals surface area contributed by atoms with Crippen LogP contribution < -0.4 is 10.4 Å². The summed E-state index contributed by atoms with van der Waals surface area (Å²) in [6.45, 7) is 10.4. The zero-order valence-corrected chi connectivity index (χ0v) is 19.6. The average Bonchev–Trinajstić information content (AvgIpc) is 3.16. The monoisotopic (exact) mass is 428 g/mol. The van der Waals surface area contributed by atoms with E-state index in [1.54, 1.807) is 0 Å². The van der Waals surface area contributed by atoms with Crippen LogP contribution in [0.25, 0.3) is 0 Å².